The summed E-state index contributed by atoms with van der Waals surface area (Å²) in [5.41, 5.74) is 3.76. The summed E-state index contributed by atoms with van der Waals surface area (Å²) < 4.78 is 9.88. The standard InChI is InChI=1S/C19H19NO4/c1-23-10-11-24-19(22)13-17-4-2-15(3-5-17)12-16-6-8-18(9-7-16)20-14-21/h2-9H,10-13H2,1H3. The lowest BCUT2D eigenvalue weighted by molar-refractivity contribution is -0.144. The number of benzene rings is 2. The molecular formula is C19H19NO4. The van der Waals surface area contributed by atoms with E-state index in [-0.39, 0.29) is 19.0 Å². The largest absolute Gasteiger partial charge is 0.463 e. The number of hydrogen-bond donors (Lipinski definition) is 0. The van der Waals surface area contributed by atoms with Gasteiger partial charge in [0.2, 0.25) is 6.08 Å². The van der Waals surface area contributed by atoms with E-state index in [1.807, 2.05) is 36.4 Å². The number of methoxy groups -OCH3 is 1. The van der Waals surface area contributed by atoms with Gasteiger partial charge in [-0.1, -0.05) is 36.4 Å². The molecule has 2 aromatic rings. The fourth-order valence-electron chi connectivity index (χ4n) is 2.21. The van der Waals surface area contributed by atoms with Crippen molar-refractivity contribution in [3.05, 3.63) is 65.2 Å². The molecule has 0 aliphatic heterocycles. The van der Waals surface area contributed by atoms with E-state index in [9.17, 15) is 9.59 Å². The van der Waals surface area contributed by atoms with E-state index in [0.717, 1.165) is 23.1 Å². The van der Waals surface area contributed by atoms with Crippen molar-refractivity contribution in [2.75, 3.05) is 20.3 Å². The zero-order valence-corrected chi connectivity index (χ0v) is 13.5. The second-order valence-corrected chi connectivity index (χ2v) is 5.25. The van der Waals surface area contributed by atoms with Gasteiger partial charge in [0.15, 0.2) is 0 Å². The molecule has 0 radical (unpaired) electrons. The Morgan fingerprint density at radius 2 is 1.54 bits per heavy atom. The maximum atomic E-state index is 11.6. The highest BCUT2D eigenvalue weighted by Crippen LogP contribution is 2.16. The number of esters is 1. The number of hydrogen-bond acceptors (Lipinski definition) is 5. The summed E-state index contributed by atoms with van der Waals surface area (Å²) in [7, 11) is 1.57. The van der Waals surface area contributed by atoms with E-state index in [2.05, 4.69) is 4.99 Å². The number of carbonyl (C=O) groups excluding carboxylic acids is 2. The summed E-state index contributed by atoms with van der Waals surface area (Å²) >= 11 is 0. The number of ether oxygens (including phenoxy) is 2. The SMILES string of the molecule is COCCOC(=O)Cc1ccc(Cc2ccc(N=C=O)cc2)cc1. The van der Waals surface area contributed by atoms with Crippen LogP contribution in [0.3, 0.4) is 0 Å². The molecule has 0 N–H and O–H groups in total. The Bertz CT molecular complexity index is 701. The van der Waals surface area contributed by atoms with Crippen LogP contribution in [0.1, 0.15) is 16.7 Å². The van der Waals surface area contributed by atoms with E-state index in [4.69, 9.17) is 9.47 Å². The molecule has 124 valence electrons. The monoisotopic (exact) mass is 325 g/mol. The Morgan fingerprint density at radius 1 is 0.958 bits per heavy atom. The lowest BCUT2D eigenvalue weighted by Gasteiger charge is -2.06. The van der Waals surface area contributed by atoms with Crippen molar-refractivity contribution in [2.24, 2.45) is 4.99 Å². The quantitative estimate of drug-likeness (QED) is 0.324. The van der Waals surface area contributed by atoms with Crippen molar-refractivity contribution in [3.63, 3.8) is 0 Å². The second kappa shape index (κ2) is 9.40. The molecule has 0 saturated carbocycles. The molecule has 0 bridgehead atoms. The summed E-state index contributed by atoms with van der Waals surface area (Å²) in [5, 5.41) is 0. The number of carbonyl (C=O) groups is 1. The van der Waals surface area contributed by atoms with Gasteiger partial charge in [0.05, 0.1) is 18.7 Å². The summed E-state index contributed by atoms with van der Waals surface area (Å²) in [6.45, 7) is 0.680. The maximum absolute atomic E-state index is 11.6. The van der Waals surface area contributed by atoms with Gasteiger partial charge in [-0.05, 0) is 35.2 Å². The van der Waals surface area contributed by atoms with E-state index in [0.29, 0.717) is 12.3 Å². The Labute approximate surface area is 140 Å². The third-order valence-corrected chi connectivity index (χ3v) is 3.44. The molecule has 5 heteroatoms. The lowest BCUT2D eigenvalue weighted by atomic mass is 10.0. The van der Waals surface area contributed by atoms with Gasteiger partial charge in [0.1, 0.15) is 6.61 Å². The summed E-state index contributed by atoms with van der Waals surface area (Å²) in [5.74, 6) is -0.258. The maximum Gasteiger partial charge on any atom is 0.310 e. The molecule has 0 spiro atoms. The van der Waals surface area contributed by atoms with Gasteiger partial charge >= 0.3 is 5.97 Å². The first kappa shape index (κ1) is 17.6. The molecule has 2 rings (SSSR count). The minimum absolute atomic E-state index is 0.252. The van der Waals surface area contributed by atoms with Crippen molar-refractivity contribution < 1.29 is 19.1 Å². The molecule has 0 aliphatic carbocycles. The van der Waals surface area contributed by atoms with Crippen molar-refractivity contribution in [1.82, 2.24) is 0 Å². The van der Waals surface area contributed by atoms with Crippen LogP contribution in [0, 0.1) is 0 Å². The van der Waals surface area contributed by atoms with Gasteiger partial charge in [-0.2, -0.15) is 4.99 Å². The minimum atomic E-state index is -0.258. The third kappa shape index (κ3) is 5.80. The number of isocyanates is 1. The van der Waals surface area contributed by atoms with E-state index in [1.165, 1.54) is 6.08 Å². The van der Waals surface area contributed by atoms with Crippen molar-refractivity contribution in [1.29, 1.82) is 0 Å². The Morgan fingerprint density at radius 3 is 2.12 bits per heavy atom. The highest BCUT2D eigenvalue weighted by molar-refractivity contribution is 5.72. The number of rotatable bonds is 8. The number of nitrogens with zero attached hydrogens (tertiary/aromatic N) is 1. The normalized spacial score (nSPS) is 10.0. The van der Waals surface area contributed by atoms with Gasteiger partial charge in [0.25, 0.3) is 0 Å². The minimum Gasteiger partial charge on any atom is -0.463 e. The fraction of sp³-hybridized carbons (Fsp3) is 0.263. The molecule has 5 nitrogen and oxygen atoms in total. The van der Waals surface area contributed by atoms with Crippen LogP contribution in [0.4, 0.5) is 5.69 Å². The first-order valence-corrected chi connectivity index (χ1v) is 7.60. The highest BCUT2D eigenvalue weighted by atomic mass is 16.6. The van der Waals surface area contributed by atoms with Crippen LogP contribution in [0.15, 0.2) is 53.5 Å². The van der Waals surface area contributed by atoms with Crippen molar-refractivity contribution in [2.45, 2.75) is 12.8 Å². The Kier molecular flexibility index (Phi) is 6.90. The molecule has 0 heterocycles. The predicted octanol–water partition coefficient (Wildman–Crippen LogP) is 2.98. The second-order valence-electron chi connectivity index (χ2n) is 5.25. The molecule has 0 fully saturated rings. The molecule has 0 aliphatic rings. The van der Waals surface area contributed by atoms with E-state index < -0.39 is 0 Å². The Hall–Kier alpha value is -2.75. The lowest BCUT2D eigenvalue weighted by Crippen LogP contribution is -2.11. The van der Waals surface area contributed by atoms with E-state index >= 15 is 0 Å². The molecule has 0 saturated heterocycles. The Balaban J connectivity index is 1.89. The molecule has 2 aromatic carbocycles. The van der Waals surface area contributed by atoms with E-state index in [1.54, 1.807) is 19.2 Å². The summed E-state index contributed by atoms with van der Waals surface area (Å²) in [6, 6.07) is 15.3. The molecule has 24 heavy (non-hydrogen) atoms. The van der Waals surface area contributed by atoms with Gasteiger partial charge in [-0.3, -0.25) is 4.79 Å². The smallest absolute Gasteiger partial charge is 0.310 e. The molecule has 0 atom stereocenters. The average molecular weight is 325 g/mol. The zero-order valence-electron chi connectivity index (χ0n) is 13.5. The summed E-state index contributed by atoms with van der Waals surface area (Å²) in [4.78, 5) is 25.4. The molecule has 0 unspecified atom stereocenters. The highest BCUT2D eigenvalue weighted by Gasteiger charge is 2.05. The first-order valence-electron chi connectivity index (χ1n) is 7.60. The number of aliphatic imine (C=N–C) groups is 1. The van der Waals surface area contributed by atoms with Crippen molar-refractivity contribution in [3.8, 4) is 0 Å². The van der Waals surface area contributed by atoms with Gasteiger partial charge < -0.3 is 9.47 Å². The third-order valence-electron chi connectivity index (χ3n) is 3.44. The molecular weight excluding hydrogens is 306 g/mol. The topological polar surface area (TPSA) is 65.0 Å². The summed E-state index contributed by atoms with van der Waals surface area (Å²) in [6.07, 6.45) is 2.54. The van der Waals surface area contributed by atoms with Gasteiger partial charge in [0, 0.05) is 7.11 Å². The van der Waals surface area contributed by atoms with Crippen molar-refractivity contribution >= 4 is 17.7 Å². The van der Waals surface area contributed by atoms with Crippen LogP contribution in [-0.2, 0) is 31.9 Å². The van der Waals surface area contributed by atoms with Crippen LogP contribution in [0.5, 0.6) is 0 Å². The van der Waals surface area contributed by atoms with Gasteiger partial charge in [-0.15, -0.1) is 0 Å². The van der Waals surface area contributed by atoms with Crippen LogP contribution < -0.4 is 0 Å². The predicted molar refractivity (Wildman–Crippen MR) is 90.0 cm³/mol. The average Bonchev–Trinajstić information content (AvgIpc) is 2.59. The molecule has 0 aromatic heterocycles. The first-order chi connectivity index (χ1) is 11.7. The zero-order chi connectivity index (χ0) is 17.2. The van der Waals surface area contributed by atoms with Crippen LogP contribution in [0.2, 0.25) is 0 Å². The molecule has 0 amide bonds. The fourth-order valence-corrected chi connectivity index (χ4v) is 2.21. The van der Waals surface area contributed by atoms with Gasteiger partial charge in [-0.25, -0.2) is 4.79 Å². The van der Waals surface area contributed by atoms with Crippen LogP contribution >= 0.6 is 0 Å². The van der Waals surface area contributed by atoms with Crippen LogP contribution in [0.25, 0.3) is 0 Å². The van der Waals surface area contributed by atoms with Crippen LogP contribution in [-0.4, -0.2) is 32.4 Å².